The summed E-state index contributed by atoms with van der Waals surface area (Å²) in [5.41, 5.74) is 2.55. The van der Waals surface area contributed by atoms with Gasteiger partial charge < -0.3 is 9.84 Å². The summed E-state index contributed by atoms with van der Waals surface area (Å²) < 4.78 is 11.3. The van der Waals surface area contributed by atoms with E-state index in [2.05, 4.69) is 24.9 Å². The molecule has 0 unspecified atom stereocenters. The predicted molar refractivity (Wildman–Crippen MR) is 71.9 cm³/mol. The summed E-state index contributed by atoms with van der Waals surface area (Å²) in [5, 5.41) is 12.1. The first-order valence-electron chi connectivity index (χ1n) is 5.66. The zero-order valence-electron chi connectivity index (χ0n) is 10.7. The fourth-order valence-electron chi connectivity index (χ4n) is 1.77. The molecule has 98 valence electrons. The van der Waals surface area contributed by atoms with E-state index in [0.29, 0.717) is 11.7 Å². The van der Waals surface area contributed by atoms with Crippen LogP contribution in [0.3, 0.4) is 0 Å². The maximum absolute atomic E-state index is 5.32. The van der Waals surface area contributed by atoms with Crippen LogP contribution >= 0.6 is 11.5 Å². The summed E-state index contributed by atoms with van der Waals surface area (Å²) in [6.07, 6.45) is 3.54. The molecule has 3 heterocycles. The zero-order valence-corrected chi connectivity index (χ0v) is 11.5. The Balaban J connectivity index is 2.03. The van der Waals surface area contributed by atoms with Crippen LogP contribution in [0.2, 0.25) is 0 Å². The van der Waals surface area contributed by atoms with Crippen LogP contribution in [0, 0.1) is 6.92 Å². The molecule has 0 aliphatic carbocycles. The first-order valence-corrected chi connectivity index (χ1v) is 6.43. The molecule has 3 rings (SSSR count). The van der Waals surface area contributed by atoms with Crippen LogP contribution in [-0.4, -0.2) is 31.3 Å². The van der Waals surface area contributed by atoms with Crippen molar-refractivity contribution in [3.63, 3.8) is 0 Å². The molecule has 0 radical (unpaired) electrons. The van der Waals surface area contributed by atoms with Gasteiger partial charge in [-0.3, -0.25) is 4.68 Å². The van der Waals surface area contributed by atoms with Gasteiger partial charge in [-0.2, -0.15) is 14.5 Å². The number of nitrogens with one attached hydrogen (secondary N) is 1. The number of hydrogen-bond acceptors (Lipinski definition) is 7. The molecule has 0 atom stereocenters. The van der Waals surface area contributed by atoms with Crippen LogP contribution in [0.1, 0.15) is 5.69 Å². The maximum atomic E-state index is 5.32. The van der Waals surface area contributed by atoms with Crippen molar-refractivity contribution in [1.29, 1.82) is 0 Å². The van der Waals surface area contributed by atoms with Crippen LogP contribution in [0.25, 0.3) is 22.8 Å². The van der Waals surface area contributed by atoms with Gasteiger partial charge in [-0.15, -0.1) is 0 Å². The summed E-state index contributed by atoms with van der Waals surface area (Å²) in [7, 11) is 3.69. The first kappa shape index (κ1) is 11.8. The van der Waals surface area contributed by atoms with Crippen LogP contribution in [0.5, 0.6) is 0 Å². The van der Waals surface area contributed by atoms with E-state index in [1.807, 2.05) is 27.2 Å². The second kappa shape index (κ2) is 4.47. The van der Waals surface area contributed by atoms with Crippen LogP contribution in [-0.2, 0) is 7.05 Å². The molecule has 0 amide bonds. The molecule has 8 heteroatoms. The SMILES string of the molecule is CNc1snc(C)c1-c1nc(-c2cnn(C)c2)no1. The van der Waals surface area contributed by atoms with E-state index < -0.39 is 0 Å². The molecule has 0 fully saturated rings. The molecule has 3 aromatic heterocycles. The van der Waals surface area contributed by atoms with Crippen molar-refractivity contribution >= 4 is 16.5 Å². The van der Waals surface area contributed by atoms with Gasteiger partial charge >= 0.3 is 0 Å². The topological polar surface area (TPSA) is 81.7 Å². The van der Waals surface area contributed by atoms with Crippen molar-refractivity contribution in [2.45, 2.75) is 6.92 Å². The highest BCUT2D eigenvalue weighted by atomic mass is 32.1. The Bertz CT molecular complexity index is 712. The molecule has 0 aromatic carbocycles. The fraction of sp³-hybridized carbons (Fsp3) is 0.273. The average Bonchev–Trinajstić information content (AvgIpc) is 3.07. The maximum Gasteiger partial charge on any atom is 0.263 e. The second-order valence-corrected chi connectivity index (χ2v) is 4.82. The largest absolute Gasteiger partial charge is 0.378 e. The van der Waals surface area contributed by atoms with Gasteiger partial charge in [0.1, 0.15) is 5.00 Å². The van der Waals surface area contributed by atoms with E-state index in [1.165, 1.54) is 11.5 Å². The second-order valence-electron chi connectivity index (χ2n) is 4.05. The minimum Gasteiger partial charge on any atom is -0.378 e. The Morgan fingerprint density at radius 3 is 2.95 bits per heavy atom. The van der Waals surface area contributed by atoms with Crippen molar-refractivity contribution in [3.8, 4) is 22.8 Å². The van der Waals surface area contributed by atoms with Crippen LogP contribution in [0.4, 0.5) is 5.00 Å². The lowest BCUT2D eigenvalue weighted by atomic mass is 10.2. The molecule has 7 nitrogen and oxygen atoms in total. The number of hydrogen-bond donors (Lipinski definition) is 1. The summed E-state index contributed by atoms with van der Waals surface area (Å²) in [4.78, 5) is 4.40. The molecule has 3 aromatic rings. The number of nitrogens with zero attached hydrogens (tertiary/aromatic N) is 5. The van der Waals surface area contributed by atoms with Crippen LogP contribution in [0.15, 0.2) is 16.9 Å². The third-order valence-corrected chi connectivity index (χ3v) is 3.65. The van der Waals surface area contributed by atoms with Crippen molar-refractivity contribution in [2.24, 2.45) is 7.05 Å². The van der Waals surface area contributed by atoms with Gasteiger partial charge in [0.15, 0.2) is 0 Å². The van der Waals surface area contributed by atoms with Crippen molar-refractivity contribution in [1.82, 2.24) is 24.3 Å². The Morgan fingerprint density at radius 1 is 1.42 bits per heavy atom. The molecule has 19 heavy (non-hydrogen) atoms. The molecular formula is C11H12N6OS. The van der Waals surface area contributed by atoms with Gasteiger partial charge in [0.2, 0.25) is 5.82 Å². The van der Waals surface area contributed by atoms with Crippen LogP contribution < -0.4 is 5.32 Å². The molecule has 0 saturated carbocycles. The summed E-state index contributed by atoms with van der Waals surface area (Å²) in [6, 6.07) is 0. The first-order chi connectivity index (χ1) is 9.19. The van der Waals surface area contributed by atoms with Crippen molar-refractivity contribution < 1.29 is 4.52 Å². The lowest BCUT2D eigenvalue weighted by molar-refractivity contribution is 0.432. The smallest absolute Gasteiger partial charge is 0.263 e. The Kier molecular flexibility index (Phi) is 2.79. The monoisotopic (exact) mass is 276 g/mol. The Hall–Kier alpha value is -2.22. The van der Waals surface area contributed by atoms with Gasteiger partial charge in [-0.1, -0.05) is 5.16 Å². The number of aromatic nitrogens is 5. The van der Waals surface area contributed by atoms with Gasteiger partial charge in [0.25, 0.3) is 5.89 Å². The van der Waals surface area contributed by atoms with Crippen molar-refractivity contribution in [2.75, 3.05) is 12.4 Å². The summed E-state index contributed by atoms with van der Waals surface area (Å²) in [5.74, 6) is 0.991. The highest BCUT2D eigenvalue weighted by molar-refractivity contribution is 7.10. The van der Waals surface area contributed by atoms with Crippen molar-refractivity contribution in [3.05, 3.63) is 18.1 Å². The van der Waals surface area contributed by atoms with Gasteiger partial charge in [-0.25, -0.2) is 0 Å². The highest BCUT2D eigenvalue weighted by Gasteiger charge is 2.19. The van der Waals surface area contributed by atoms with Gasteiger partial charge in [0, 0.05) is 20.3 Å². The number of rotatable bonds is 3. The van der Waals surface area contributed by atoms with E-state index in [-0.39, 0.29) is 0 Å². The molecular weight excluding hydrogens is 264 g/mol. The van der Waals surface area contributed by atoms with E-state index in [1.54, 1.807) is 10.9 Å². The Morgan fingerprint density at radius 2 is 2.26 bits per heavy atom. The summed E-state index contributed by atoms with van der Waals surface area (Å²) in [6.45, 7) is 1.92. The van der Waals surface area contributed by atoms with Gasteiger partial charge in [-0.05, 0) is 18.5 Å². The number of aryl methyl sites for hydroxylation is 2. The molecule has 0 spiro atoms. The molecule has 0 bridgehead atoms. The van der Waals surface area contributed by atoms with E-state index in [9.17, 15) is 0 Å². The zero-order chi connectivity index (χ0) is 13.4. The molecule has 0 saturated heterocycles. The normalized spacial score (nSPS) is 10.9. The summed E-state index contributed by atoms with van der Waals surface area (Å²) >= 11 is 1.37. The van der Waals surface area contributed by atoms with E-state index in [4.69, 9.17) is 4.52 Å². The predicted octanol–water partition coefficient (Wildman–Crippen LogP) is 1.94. The molecule has 0 aliphatic rings. The third-order valence-electron chi connectivity index (χ3n) is 2.69. The Labute approximate surface area is 113 Å². The minimum absolute atomic E-state index is 0.467. The average molecular weight is 276 g/mol. The molecule has 1 N–H and O–H groups in total. The third kappa shape index (κ3) is 1.99. The minimum atomic E-state index is 0.467. The van der Waals surface area contributed by atoms with E-state index >= 15 is 0 Å². The van der Waals surface area contributed by atoms with E-state index in [0.717, 1.165) is 21.8 Å². The molecule has 0 aliphatic heterocycles. The lowest BCUT2D eigenvalue weighted by Gasteiger charge is -1.96. The number of anilines is 1. The fourth-order valence-corrected chi connectivity index (χ4v) is 2.51. The van der Waals surface area contributed by atoms with Gasteiger partial charge in [0.05, 0.1) is 23.0 Å². The lowest BCUT2D eigenvalue weighted by Crippen LogP contribution is -1.88. The highest BCUT2D eigenvalue weighted by Crippen LogP contribution is 2.34. The standard InChI is InChI=1S/C11H12N6OS/c1-6-8(11(12-2)19-16-6)10-14-9(15-18-10)7-4-13-17(3)5-7/h4-5,12H,1-3H3. The quantitative estimate of drug-likeness (QED) is 0.787.